The van der Waals surface area contributed by atoms with E-state index < -0.39 is 0 Å². The molecule has 0 aromatic heterocycles. The van der Waals surface area contributed by atoms with Crippen molar-refractivity contribution in [2.75, 3.05) is 0 Å². The van der Waals surface area contributed by atoms with Crippen molar-refractivity contribution in [3.63, 3.8) is 0 Å². The first-order chi connectivity index (χ1) is 7.26. The molecule has 0 saturated heterocycles. The first-order valence-corrected chi connectivity index (χ1v) is 4.70. The lowest BCUT2D eigenvalue weighted by molar-refractivity contribution is 0.0664. The summed E-state index contributed by atoms with van der Waals surface area (Å²) >= 11 is 0. The van der Waals surface area contributed by atoms with Crippen molar-refractivity contribution in [2.24, 2.45) is 0 Å². The van der Waals surface area contributed by atoms with E-state index in [0.717, 1.165) is 6.26 Å². The number of carbonyl (C=O) groups is 1. The maximum atomic E-state index is 11.0. The van der Waals surface area contributed by atoms with Gasteiger partial charge in [-0.15, -0.1) is 0 Å². The van der Waals surface area contributed by atoms with Crippen LogP contribution in [0.15, 0.2) is 55.3 Å². The number of ether oxygens (including phenoxy) is 1. The summed E-state index contributed by atoms with van der Waals surface area (Å²) in [5.74, 6) is -0.374. The number of hydrogen-bond acceptors (Lipinski definition) is 2. The highest BCUT2D eigenvalue weighted by atomic mass is 16.5. The SMILES string of the molecule is C=COC(=O)c1ccccc1.CC=CC. The van der Waals surface area contributed by atoms with E-state index in [9.17, 15) is 4.79 Å². The molecule has 0 N–H and O–H groups in total. The van der Waals surface area contributed by atoms with Gasteiger partial charge < -0.3 is 4.74 Å². The molecular formula is C13H16O2. The fourth-order valence-electron chi connectivity index (χ4n) is 0.718. The molecule has 0 atom stereocenters. The Morgan fingerprint density at radius 2 is 1.73 bits per heavy atom. The molecule has 0 radical (unpaired) electrons. The average Bonchev–Trinajstić information content (AvgIpc) is 2.31. The molecule has 0 aliphatic carbocycles. The summed E-state index contributed by atoms with van der Waals surface area (Å²) < 4.78 is 4.55. The van der Waals surface area contributed by atoms with Gasteiger partial charge in [-0.2, -0.15) is 0 Å². The molecule has 1 aromatic rings. The van der Waals surface area contributed by atoms with E-state index in [0.29, 0.717) is 5.56 Å². The zero-order valence-corrected chi connectivity index (χ0v) is 9.14. The number of esters is 1. The van der Waals surface area contributed by atoms with Crippen LogP contribution in [0.2, 0.25) is 0 Å². The van der Waals surface area contributed by atoms with Crippen LogP contribution in [0.3, 0.4) is 0 Å². The van der Waals surface area contributed by atoms with Crippen molar-refractivity contribution in [2.45, 2.75) is 13.8 Å². The Kier molecular flexibility index (Phi) is 7.69. The minimum absolute atomic E-state index is 0.374. The minimum atomic E-state index is -0.374. The van der Waals surface area contributed by atoms with Crippen molar-refractivity contribution in [3.8, 4) is 0 Å². The third-order valence-corrected chi connectivity index (χ3v) is 1.53. The highest BCUT2D eigenvalue weighted by Crippen LogP contribution is 2.00. The summed E-state index contributed by atoms with van der Waals surface area (Å²) in [7, 11) is 0. The lowest BCUT2D eigenvalue weighted by Gasteiger charge is -1.96. The molecule has 2 nitrogen and oxygen atoms in total. The standard InChI is InChI=1S/C9H8O2.C4H8/c1-2-11-9(10)8-6-4-3-5-7-8;1-3-4-2/h2-7H,1H2;3-4H,1-2H3. The van der Waals surface area contributed by atoms with Crippen LogP contribution in [0.1, 0.15) is 24.2 Å². The van der Waals surface area contributed by atoms with E-state index in [1.54, 1.807) is 24.3 Å². The summed E-state index contributed by atoms with van der Waals surface area (Å²) in [6.45, 7) is 7.28. The maximum absolute atomic E-state index is 11.0. The fraction of sp³-hybridized carbons (Fsp3) is 0.154. The van der Waals surface area contributed by atoms with Crippen LogP contribution in [-0.4, -0.2) is 5.97 Å². The maximum Gasteiger partial charge on any atom is 0.342 e. The van der Waals surface area contributed by atoms with Gasteiger partial charge in [-0.05, 0) is 26.0 Å². The molecule has 80 valence electrons. The molecule has 0 unspecified atom stereocenters. The topological polar surface area (TPSA) is 26.3 Å². The molecule has 0 heterocycles. The van der Waals surface area contributed by atoms with Gasteiger partial charge in [0, 0.05) is 0 Å². The van der Waals surface area contributed by atoms with Gasteiger partial charge in [-0.25, -0.2) is 4.79 Å². The Hall–Kier alpha value is -1.83. The minimum Gasteiger partial charge on any atom is -0.432 e. The molecule has 1 rings (SSSR count). The summed E-state index contributed by atoms with van der Waals surface area (Å²) in [6.07, 6.45) is 5.12. The van der Waals surface area contributed by atoms with Gasteiger partial charge in [0.1, 0.15) is 0 Å². The van der Waals surface area contributed by atoms with Gasteiger partial charge in [0.15, 0.2) is 0 Å². The lowest BCUT2D eigenvalue weighted by Crippen LogP contribution is -1.98. The predicted molar refractivity (Wildman–Crippen MR) is 62.5 cm³/mol. The Morgan fingerprint density at radius 1 is 1.20 bits per heavy atom. The van der Waals surface area contributed by atoms with Gasteiger partial charge in [-0.3, -0.25) is 0 Å². The number of allylic oxidation sites excluding steroid dienone is 2. The second-order valence-electron chi connectivity index (χ2n) is 2.60. The van der Waals surface area contributed by atoms with Crippen LogP contribution in [0.25, 0.3) is 0 Å². The van der Waals surface area contributed by atoms with E-state index in [1.807, 2.05) is 32.1 Å². The molecule has 0 aliphatic rings. The van der Waals surface area contributed by atoms with E-state index in [1.165, 1.54) is 0 Å². The van der Waals surface area contributed by atoms with E-state index in [4.69, 9.17) is 0 Å². The number of carbonyl (C=O) groups excluding carboxylic acids is 1. The number of rotatable bonds is 2. The fourth-order valence-corrected chi connectivity index (χ4v) is 0.718. The van der Waals surface area contributed by atoms with Crippen LogP contribution in [-0.2, 0) is 4.74 Å². The lowest BCUT2D eigenvalue weighted by atomic mass is 10.2. The molecule has 0 amide bonds. The summed E-state index contributed by atoms with van der Waals surface area (Å²) in [5, 5.41) is 0. The first kappa shape index (κ1) is 13.2. The van der Waals surface area contributed by atoms with Crippen LogP contribution in [0.4, 0.5) is 0 Å². The molecular weight excluding hydrogens is 188 g/mol. The number of benzene rings is 1. The Balaban J connectivity index is 0.000000423. The van der Waals surface area contributed by atoms with E-state index >= 15 is 0 Å². The molecule has 0 bridgehead atoms. The normalized spacial score (nSPS) is 8.93. The smallest absolute Gasteiger partial charge is 0.342 e. The van der Waals surface area contributed by atoms with Gasteiger partial charge in [0.25, 0.3) is 0 Å². The Labute approximate surface area is 90.9 Å². The molecule has 0 spiro atoms. The van der Waals surface area contributed by atoms with Crippen LogP contribution in [0, 0.1) is 0 Å². The number of hydrogen-bond donors (Lipinski definition) is 0. The molecule has 1 aromatic carbocycles. The molecule has 15 heavy (non-hydrogen) atoms. The van der Waals surface area contributed by atoms with Gasteiger partial charge in [-0.1, -0.05) is 36.9 Å². The molecule has 0 saturated carbocycles. The van der Waals surface area contributed by atoms with E-state index in [-0.39, 0.29) is 5.97 Å². The first-order valence-electron chi connectivity index (χ1n) is 4.70. The van der Waals surface area contributed by atoms with Gasteiger partial charge in [0.2, 0.25) is 0 Å². The summed E-state index contributed by atoms with van der Waals surface area (Å²) in [4.78, 5) is 11.0. The Bertz CT molecular complexity index is 309. The zero-order chi connectivity index (χ0) is 11.5. The van der Waals surface area contributed by atoms with Crippen molar-refractivity contribution in [1.29, 1.82) is 0 Å². The van der Waals surface area contributed by atoms with Crippen molar-refractivity contribution in [1.82, 2.24) is 0 Å². The molecule has 0 fully saturated rings. The highest BCUT2D eigenvalue weighted by Gasteiger charge is 2.01. The highest BCUT2D eigenvalue weighted by molar-refractivity contribution is 5.89. The van der Waals surface area contributed by atoms with Crippen LogP contribution >= 0.6 is 0 Å². The molecule has 2 heteroatoms. The second-order valence-corrected chi connectivity index (χ2v) is 2.60. The van der Waals surface area contributed by atoms with Gasteiger partial charge in [0.05, 0.1) is 11.8 Å². The second kappa shape index (κ2) is 8.75. The van der Waals surface area contributed by atoms with Crippen LogP contribution < -0.4 is 0 Å². The van der Waals surface area contributed by atoms with Crippen molar-refractivity contribution < 1.29 is 9.53 Å². The van der Waals surface area contributed by atoms with Crippen molar-refractivity contribution >= 4 is 5.97 Å². The summed E-state index contributed by atoms with van der Waals surface area (Å²) in [6, 6.07) is 8.77. The monoisotopic (exact) mass is 204 g/mol. The van der Waals surface area contributed by atoms with Gasteiger partial charge >= 0.3 is 5.97 Å². The molecule has 0 aliphatic heterocycles. The largest absolute Gasteiger partial charge is 0.432 e. The average molecular weight is 204 g/mol. The Morgan fingerprint density at radius 3 is 2.13 bits per heavy atom. The third kappa shape index (κ3) is 6.27. The third-order valence-electron chi connectivity index (χ3n) is 1.53. The van der Waals surface area contributed by atoms with Crippen molar-refractivity contribution in [3.05, 3.63) is 60.9 Å². The van der Waals surface area contributed by atoms with E-state index in [2.05, 4.69) is 11.3 Å². The predicted octanol–water partition coefficient (Wildman–Crippen LogP) is 3.57. The quantitative estimate of drug-likeness (QED) is 0.418. The zero-order valence-electron chi connectivity index (χ0n) is 9.14. The van der Waals surface area contributed by atoms with Crippen LogP contribution in [0.5, 0.6) is 0 Å². The summed E-state index contributed by atoms with van der Waals surface area (Å²) in [5.41, 5.74) is 0.535.